The van der Waals surface area contributed by atoms with E-state index < -0.39 is 24.5 Å². The van der Waals surface area contributed by atoms with Gasteiger partial charge in [-0.05, 0) is 6.42 Å². The summed E-state index contributed by atoms with van der Waals surface area (Å²) in [6.07, 6.45) is 18.6. The predicted molar refractivity (Wildman–Crippen MR) is 107 cm³/mol. The number of rotatable bonds is 17. The monoisotopic (exact) mass is 379 g/mol. The molecule has 154 valence electrons. The van der Waals surface area contributed by atoms with E-state index in [0.717, 1.165) is 36.3 Å². The molecule has 0 saturated heterocycles. The van der Waals surface area contributed by atoms with Crippen LogP contribution < -0.4 is 0 Å². The van der Waals surface area contributed by atoms with Gasteiger partial charge in [0.15, 0.2) is 5.78 Å². The second-order valence-corrected chi connectivity index (χ2v) is 7.54. The average Bonchev–Trinajstić information content (AvgIpc) is 2.99. The number of ketones is 1. The number of Topliss-reactive ketones (excluding diaryl/α,β-unsaturated/α-hetero) is 1. The van der Waals surface area contributed by atoms with E-state index in [4.69, 9.17) is 0 Å². The molecule has 1 heterocycles. The van der Waals surface area contributed by atoms with Gasteiger partial charge in [0.2, 0.25) is 0 Å². The second-order valence-electron chi connectivity index (χ2n) is 7.54. The van der Waals surface area contributed by atoms with Gasteiger partial charge in [-0.25, -0.2) is 0 Å². The molecule has 0 aromatic rings. The normalized spacial score (nSPS) is 15.0. The van der Waals surface area contributed by atoms with E-state index in [1.807, 2.05) is 0 Å². The number of aliphatic hydroxyl groups excluding tert-OH is 1. The Kier molecular flexibility index (Phi) is 12.7. The number of nitrogens with zero attached hydrogens (tertiary/aromatic N) is 1. The quantitative estimate of drug-likeness (QED) is 0.302. The number of hydrogen-bond acceptors (Lipinski definition) is 4. The maximum absolute atomic E-state index is 12.2. The third-order valence-electron chi connectivity index (χ3n) is 5.23. The lowest BCUT2D eigenvalue weighted by molar-refractivity contribution is -0.146. The first kappa shape index (κ1) is 23.5. The minimum atomic E-state index is -1.03. The van der Waals surface area contributed by atoms with Crippen molar-refractivity contribution in [1.29, 1.82) is 0 Å². The van der Waals surface area contributed by atoms with Crippen molar-refractivity contribution in [1.82, 2.24) is 4.90 Å². The minimum Gasteiger partial charge on any atom is -0.394 e. The highest BCUT2D eigenvalue weighted by Crippen LogP contribution is 2.15. The zero-order chi connectivity index (χ0) is 19.9. The summed E-state index contributed by atoms with van der Waals surface area (Å²) in [7, 11) is 0. The largest absolute Gasteiger partial charge is 0.394 e. The number of imide groups is 1. The van der Waals surface area contributed by atoms with Crippen LogP contribution >= 0.6 is 0 Å². The molecular weight excluding hydrogens is 342 g/mol. The summed E-state index contributed by atoms with van der Waals surface area (Å²) in [6, 6.07) is -1.03. The van der Waals surface area contributed by atoms with Gasteiger partial charge in [-0.2, -0.15) is 0 Å². The van der Waals surface area contributed by atoms with Crippen molar-refractivity contribution in [2.24, 2.45) is 0 Å². The summed E-state index contributed by atoms with van der Waals surface area (Å²) in [5.74, 6) is -1.26. The Bertz CT molecular complexity index is 469. The highest BCUT2D eigenvalue weighted by molar-refractivity contribution is 6.15. The van der Waals surface area contributed by atoms with Gasteiger partial charge < -0.3 is 5.11 Å². The fourth-order valence-electron chi connectivity index (χ4n) is 3.53. The molecule has 1 aliphatic heterocycles. The van der Waals surface area contributed by atoms with Crippen LogP contribution in [0.3, 0.4) is 0 Å². The third kappa shape index (κ3) is 9.32. The van der Waals surface area contributed by atoms with Crippen LogP contribution in [-0.2, 0) is 14.4 Å². The standard InChI is InChI=1S/C22H37NO4/c1-2-3-4-5-6-7-8-9-10-11-12-13-14-15-20(25)19(18-24)23-21(26)16-17-22(23)27/h16-17,19,24H,2-15,18H2,1H3. The molecule has 5 heteroatoms. The lowest BCUT2D eigenvalue weighted by atomic mass is 10.0. The molecule has 5 nitrogen and oxygen atoms in total. The van der Waals surface area contributed by atoms with Gasteiger partial charge in [0.1, 0.15) is 6.04 Å². The first-order chi connectivity index (χ1) is 13.1. The molecule has 1 unspecified atom stereocenters. The zero-order valence-electron chi connectivity index (χ0n) is 17.0. The van der Waals surface area contributed by atoms with E-state index in [2.05, 4.69) is 6.92 Å². The van der Waals surface area contributed by atoms with E-state index in [9.17, 15) is 19.5 Å². The van der Waals surface area contributed by atoms with E-state index in [1.165, 1.54) is 64.2 Å². The molecule has 1 rings (SSSR count). The van der Waals surface area contributed by atoms with Gasteiger partial charge in [0.25, 0.3) is 11.8 Å². The predicted octanol–water partition coefficient (Wildman–Crippen LogP) is 4.32. The van der Waals surface area contributed by atoms with Crippen molar-refractivity contribution < 1.29 is 19.5 Å². The van der Waals surface area contributed by atoms with E-state index in [0.29, 0.717) is 6.42 Å². The number of carbonyl (C=O) groups excluding carboxylic acids is 3. The van der Waals surface area contributed by atoms with Crippen molar-refractivity contribution in [3.05, 3.63) is 12.2 Å². The van der Waals surface area contributed by atoms with Crippen LogP contribution in [0.2, 0.25) is 0 Å². The molecule has 27 heavy (non-hydrogen) atoms. The Hall–Kier alpha value is -1.49. The summed E-state index contributed by atoms with van der Waals surface area (Å²) in [5.41, 5.74) is 0. The average molecular weight is 380 g/mol. The van der Waals surface area contributed by atoms with Crippen molar-refractivity contribution in [2.45, 2.75) is 103 Å². The summed E-state index contributed by atoms with van der Waals surface area (Å²) >= 11 is 0. The molecule has 1 N–H and O–H groups in total. The van der Waals surface area contributed by atoms with Crippen molar-refractivity contribution in [3.63, 3.8) is 0 Å². The Labute approximate surface area is 164 Å². The van der Waals surface area contributed by atoms with Crippen molar-refractivity contribution >= 4 is 17.6 Å². The molecule has 0 aromatic carbocycles. The molecule has 0 aromatic heterocycles. The number of hydrogen-bond donors (Lipinski definition) is 1. The Morgan fingerprint density at radius 3 is 1.63 bits per heavy atom. The molecule has 0 spiro atoms. The summed E-state index contributed by atoms with van der Waals surface area (Å²) in [4.78, 5) is 36.4. The van der Waals surface area contributed by atoms with Crippen LogP contribution in [0, 0.1) is 0 Å². The van der Waals surface area contributed by atoms with Crippen LogP contribution in [0.25, 0.3) is 0 Å². The first-order valence-corrected chi connectivity index (χ1v) is 10.8. The molecular formula is C22H37NO4. The fraction of sp³-hybridized carbons (Fsp3) is 0.773. The fourth-order valence-corrected chi connectivity index (χ4v) is 3.53. The topological polar surface area (TPSA) is 74.7 Å². The molecule has 0 aliphatic carbocycles. The SMILES string of the molecule is CCCCCCCCCCCCCCCC(=O)C(CO)N1C(=O)C=CC1=O. The van der Waals surface area contributed by atoms with Crippen LogP contribution in [0.1, 0.15) is 96.8 Å². The molecule has 0 bridgehead atoms. The summed E-state index contributed by atoms with van der Waals surface area (Å²) in [5, 5.41) is 9.40. The third-order valence-corrected chi connectivity index (χ3v) is 5.23. The number of amides is 2. The van der Waals surface area contributed by atoms with Crippen LogP contribution in [0.5, 0.6) is 0 Å². The van der Waals surface area contributed by atoms with Crippen molar-refractivity contribution in [3.8, 4) is 0 Å². The maximum atomic E-state index is 12.2. The molecule has 0 radical (unpaired) electrons. The minimum absolute atomic E-state index is 0.231. The summed E-state index contributed by atoms with van der Waals surface area (Å²) in [6.45, 7) is 1.74. The van der Waals surface area contributed by atoms with Gasteiger partial charge in [-0.15, -0.1) is 0 Å². The lowest BCUT2D eigenvalue weighted by Gasteiger charge is -2.23. The van der Waals surface area contributed by atoms with Gasteiger partial charge in [0.05, 0.1) is 6.61 Å². The molecule has 2 amide bonds. The smallest absolute Gasteiger partial charge is 0.254 e. The molecule has 1 aliphatic rings. The van der Waals surface area contributed by atoms with Crippen LogP contribution in [0.15, 0.2) is 12.2 Å². The second kappa shape index (κ2) is 14.6. The lowest BCUT2D eigenvalue weighted by Crippen LogP contribution is -2.47. The maximum Gasteiger partial charge on any atom is 0.254 e. The number of unbranched alkanes of at least 4 members (excludes halogenated alkanes) is 12. The van der Waals surface area contributed by atoms with E-state index in [1.54, 1.807) is 0 Å². The highest BCUT2D eigenvalue weighted by atomic mass is 16.3. The summed E-state index contributed by atoms with van der Waals surface area (Å²) < 4.78 is 0. The van der Waals surface area contributed by atoms with E-state index >= 15 is 0 Å². The Morgan fingerprint density at radius 1 is 0.815 bits per heavy atom. The molecule has 1 atom stereocenters. The number of carbonyl (C=O) groups is 3. The van der Waals surface area contributed by atoms with Gasteiger partial charge >= 0.3 is 0 Å². The van der Waals surface area contributed by atoms with Gasteiger partial charge in [0, 0.05) is 18.6 Å². The van der Waals surface area contributed by atoms with Crippen LogP contribution in [0.4, 0.5) is 0 Å². The number of aliphatic hydroxyl groups is 1. The van der Waals surface area contributed by atoms with Crippen molar-refractivity contribution in [2.75, 3.05) is 6.61 Å². The zero-order valence-corrected chi connectivity index (χ0v) is 17.0. The van der Waals surface area contributed by atoms with Crippen LogP contribution in [-0.4, -0.2) is 40.3 Å². The highest BCUT2D eigenvalue weighted by Gasteiger charge is 2.34. The Balaban J connectivity index is 2.00. The molecule has 0 saturated carbocycles. The Morgan fingerprint density at radius 2 is 1.22 bits per heavy atom. The van der Waals surface area contributed by atoms with E-state index in [-0.39, 0.29) is 5.78 Å². The first-order valence-electron chi connectivity index (χ1n) is 10.8. The molecule has 0 fully saturated rings. The van der Waals surface area contributed by atoms with Gasteiger partial charge in [-0.3, -0.25) is 19.3 Å². The van der Waals surface area contributed by atoms with Gasteiger partial charge in [-0.1, -0.05) is 84.0 Å².